The molecule has 5 heterocycles. The number of fused-ring (bicyclic) bond motifs is 5. The van der Waals surface area contributed by atoms with E-state index in [1.165, 1.54) is 34.0 Å². The van der Waals surface area contributed by atoms with E-state index in [1.807, 2.05) is 0 Å². The van der Waals surface area contributed by atoms with Gasteiger partial charge >= 0.3 is 6.18 Å². The molecule has 3 aromatic heterocycles. The maximum absolute atomic E-state index is 14.0. The third kappa shape index (κ3) is 3.16. The molecular weight excluding hydrogens is 488 g/mol. The summed E-state index contributed by atoms with van der Waals surface area (Å²) in [7, 11) is 1.56. The van der Waals surface area contributed by atoms with E-state index in [1.54, 1.807) is 7.05 Å². The maximum Gasteiger partial charge on any atom is 0.436 e. The van der Waals surface area contributed by atoms with Gasteiger partial charge in [-0.15, -0.1) is 0 Å². The highest BCUT2D eigenvalue weighted by atomic mass is 19.4. The number of carbonyl (C=O) groups excluding carboxylic acids is 1. The Labute approximate surface area is 199 Å². The van der Waals surface area contributed by atoms with E-state index in [-0.39, 0.29) is 17.5 Å². The summed E-state index contributed by atoms with van der Waals surface area (Å²) >= 11 is 0. The minimum absolute atomic E-state index is 0.0407. The van der Waals surface area contributed by atoms with Gasteiger partial charge in [-0.3, -0.25) is 9.48 Å². The summed E-state index contributed by atoms with van der Waals surface area (Å²) in [6, 6.07) is 5.13. The van der Waals surface area contributed by atoms with Gasteiger partial charge in [-0.25, -0.2) is 17.7 Å². The van der Waals surface area contributed by atoms with Crippen molar-refractivity contribution in [1.82, 2.24) is 24.3 Å². The van der Waals surface area contributed by atoms with Gasteiger partial charge in [-0.05, 0) is 43.5 Å². The van der Waals surface area contributed by atoms with Crippen molar-refractivity contribution in [3.8, 4) is 11.3 Å². The molecule has 0 saturated carbocycles. The fourth-order valence-corrected chi connectivity index (χ4v) is 5.54. The molecule has 2 aliphatic rings. The topological polar surface area (TPSA) is 55.4 Å². The summed E-state index contributed by atoms with van der Waals surface area (Å²) < 4.78 is 85.4. The second-order valence-electron chi connectivity index (χ2n) is 9.01. The van der Waals surface area contributed by atoms with Crippen LogP contribution in [0.2, 0.25) is 0 Å². The molecule has 0 N–H and O–H groups in total. The van der Waals surface area contributed by atoms with Gasteiger partial charge in [0.2, 0.25) is 0 Å². The number of nitrogens with zero attached hydrogens (tertiary/aromatic N) is 5. The fraction of sp³-hybridized carbons (Fsp3) is 0.292. The van der Waals surface area contributed by atoms with E-state index < -0.39 is 52.9 Å². The van der Waals surface area contributed by atoms with E-state index in [2.05, 4.69) is 10.2 Å². The standard InChI is InChI=1S/C24H17F6N5O/c1-33-21(11-8-14(25)19(27)15(26)9-11)13-10-12-5-6-17(20(13)31-33)35(12)23(36)18-16-4-2-3-7-34(16)32-22(18)24(28,29)30/h2-4,7-9,12,17H,5-6,10H2,1H3/t12-,17+/m1/s1. The van der Waals surface area contributed by atoms with Gasteiger partial charge < -0.3 is 4.90 Å². The molecule has 1 fully saturated rings. The highest BCUT2D eigenvalue weighted by Crippen LogP contribution is 2.47. The van der Waals surface area contributed by atoms with Gasteiger partial charge in [-0.1, -0.05) is 6.07 Å². The first kappa shape index (κ1) is 22.6. The largest absolute Gasteiger partial charge is 0.436 e. The summed E-state index contributed by atoms with van der Waals surface area (Å²) in [4.78, 5) is 15.1. The lowest BCUT2D eigenvalue weighted by Gasteiger charge is -2.34. The summed E-state index contributed by atoms with van der Waals surface area (Å²) in [6.07, 6.45) is -2.29. The van der Waals surface area contributed by atoms with Crippen LogP contribution < -0.4 is 0 Å². The third-order valence-corrected chi connectivity index (χ3v) is 6.95. The molecule has 0 unspecified atom stereocenters. The minimum Gasteiger partial charge on any atom is -0.326 e. The Balaban J connectivity index is 1.46. The monoisotopic (exact) mass is 505 g/mol. The number of pyridine rings is 1. The zero-order valence-corrected chi connectivity index (χ0v) is 18.7. The summed E-state index contributed by atoms with van der Waals surface area (Å²) in [5.74, 6) is -5.07. The SMILES string of the molecule is Cn1nc2c(c1-c1cc(F)c(F)c(F)c1)C[C@H]1CC[C@@H]2N1C(=O)c1c(C(F)(F)F)nn2ccccc12. The number of hydrogen-bond acceptors (Lipinski definition) is 3. The van der Waals surface area contributed by atoms with E-state index in [9.17, 15) is 31.1 Å². The smallest absolute Gasteiger partial charge is 0.326 e. The molecule has 0 aliphatic carbocycles. The normalized spacial score (nSPS) is 19.2. The number of benzene rings is 1. The first-order valence-corrected chi connectivity index (χ1v) is 11.1. The molecule has 2 aliphatic heterocycles. The van der Waals surface area contributed by atoms with Crippen LogP contribution in [0, 0.1) is 17.5 Å². The van der Waals surface area contributed by atoms with Crippen molar-refractivity contribution in [2.24, 2.45) is 7.05 Å². The fourth-order valence-electron chi connectivity index (χ4n) is 5.54. The first-order chi connectivity index (χ1) is 17.1. The van der Waals surface area contributed by atoms with Crippen molar-refractivity contribution < 1.29 is 31.1 Å². The van der Waals surface area contributed by atoms with Crippen molar-refractivity contribution in [1.29, 1.82) is 0 Å². The molecule has 1 amide bonds. The average Bonchev–Trinajstić information content (AvgIpc) is 3.47. The Morgan fingerprint density at radius 1 is 1.06 bits per heavy atom. The predicted molar refractivity (Wildman–Crippen MR) is 114 cm³/mol. The van der Waals surface area contributed by atoms with Crippen molar-refractivity contribution >= 4 is 11.4 Å². The van der Waals surface area contributed by atoms with Gasteiger partial charge in [0.25, 0.3) is 5.91 Å². The highest BCUT2D eigenvalue weighted by Gasteiger charge is 2.49. The number of carbonyl (C=O) groups is 1. The number of hydrogen-bond donors (Lipinski definition) is 0. The molecule has 0 radical (unpaired) electrons. The highest BCUT2D eigenvalue weighted by molar-refractivity contribution is 6.03. The molecule has 12 heteroatoms. The zero-order chi connectivity index (χ0) is 25.5. The molecule has 1 aromatic carbocycles. The van der Waals surface area contributed by atoms with Gasteiger partial charge in [0.05, 0.1) is 28.5 Å². The van der Waals surface area contributed by atoms with E-state index >= 15 is 0 Å². The predicted octanol–water partition coefficient (Wildman–Crippen LogP) is 5.07. The molecule has 2 atom stereocenters. The molecule has 0 spiro atoms. The van der Waals surface area contributed by atoms with E-state index in [0.717, 1.165) is 16.6 Å². The summed E-state index contributed by atoms with van der Waals surface area (Å²) in [6.45, 7) is 0. The molecule has 1 saturated heterocycles. The number of halogens is 6. The molecule has 186 valence electrons. The summed E-state index contributed by atoms with van der Waals surface area (Å²) in [5.41, 5.74) is -0.202. The van der Waals surface area contributed by atoms with E-state index in [4.69, 9.17) is 0 Å². The lowest BCUT2D eigenvalue weighted by atomic mass is 9.94. The lowest BCUT2D eigenvalue weighted by molar-refractivity contribution is -0.141. The Morgan fingerprint density at radius 3 is 2.47 bits per heavy atom. The van der Waals surface area contributed by atoms with Crippen LogP contribution in [0.25, 0.3) is 16.8 Å². The van der Waals surface area contributed by atoms with Gasteiger partial charge in [-0.2, -0.15) is 23.4 Å². The molecule has 4 aromatic rings. The quantitative estimate of drug-likeness (QED) is 0.282. The molecule has 36 heavy (non-hydrogen) atoms. The number of amides is 1. The van der Waals surface area contributed by atoms with Gasteiger partial charge in [0, 0.05) is 30.4 Å². The number of aromatic nitrogens is 4. The Morgan fingerprint density at radius 2 is 1.78 bits per heavy atom. The molecule has 2 bridgehead atoms. The lowest BCUT2D eigenvalue weighted by Crippen LogP contribution is -2.42. The van der Waals surface area contributed by atoms with Crippen LogP contribution in [0.15, 0.2) is 36.5 Å². The van der Waals surface area contributed by atoms with Crippen LogP contribution in [0.1, 0.15) is 46.2 Å². The van der Waals surface area contributed by atoms with Crippen LogP contribution in [0.5, 0.6) is 0 Å². The van der Waals surface area contributed by atoms with Crippen molar-refractivity contribution in [2.45, 2.75) is 37.5 Å². The van der Waals surface area contributed by atoms with Crippen LogP contribution in [-0.4, -0.2) is 36.2 Å². The van der Waals surface area contributed by atoms with Crippen molar-refractivity contribution in [3.05, 3.63) is 76.5 Å². The van der Waals surface area contributed by atoms with Gasteiger partial charge in [0.1, 0.15) is 0 Å². The van der Waals surface area contributed by atoms with Crippen LogP contribution in [0.4, 0.5) is 26.3 Å². The van der Waals surface area contributed by atoms with E-state index in [0.29, 0.717) is 29.8 Å². The average molecular weight is 505 g/mol. The summed E-state index contributed by atoms with van der Waals surface area (Å²) in [5, 5.41) is 8.10. The molecule has 6 nitrogen and oxygen atoms in total. The second kappa shape index (κ2) is 7.58. The zero-order valence-electron chi connectivity index (χ0n) is 18.7. The van der Waals surface area contributed by atoms with Crippen LogP contribution in [-0.2, 0) is 19.6 Å². The van der Waals surface area contributed by atoms with Crippen molar-refractivity contribution in [3.63, 3.8) is 0 Å². The van der Waals surface area contributed by atoms with Crippen LogP contribution in [0.3, 0.4) is 0 Å². The molecular formula is C24H17F6N5O. The Hall–Kier alpha value is -3.83. The number of aryl methyl sites for hydroxylation is 1. The number of rotatable bonds is 2. The maximum atomic E-state index is 14.0. The first-order valence-electron chi connectivity index (χ1n) is 11.1. The van der Waals surface area contributed by atoms with Crippen LogP contribution >= 0.6 is 0 Å². The Bertz CT molecular complexity index is 1530. The Kier molecular flexibility index (Phi) is 4.76. The van der Waals surface area contributed by atoms with Crippen molar-refractivity contribution in [2.75, 3.05) is 0 Å². The third-order valence-electron chi connectivity index (χ3n) is 6.95. The molecule has 6 rings (SSSR count). The van der Waals surface area contributed by atoms with Gasteiger partial charge in [0.15, 0.2) is 23.1 Å². The second-order valence-corrected chi connectivity index (χ2v) is 9.01. The minimum atomic E-state index is -4.84. The number of alkyl halides is 3.